The van der Waals surface area contributed by atoms with Crippen LogP contribution >= 0.6 is 0 Å². The number of hydrogen-bond acceptors (Lipinski definition) is 9. The van der Waals surface area contributed by atoms with Crippen molar-refractivity contribution in [1.29, 1.82) is 10.8 Å². The van der Waals surface area contributed by atoms with Crippen LogP contribution in [-0.4, -0.2) is 94.3 Å². The molecular weight excluding hydrogens is 424 g/mol. The number of carbonyl (C=O) groups is 2. The number of hydrogen-bond donors (Lipinski definition) is 4. The second-order valence-corrected chi connectivity index (χ2v) is 8.69. The first kappa shape index (κ1) is 24.7. The summed E-state index contributed by atoms with van der Waals surface area (Å²) in [5.41, 5.74) is -0.348. The van der Waals surface area contributed by atoms with Crippen molar-refractivity contribution in [3.05, 3.63) is 22.7 Å². The van der Waals surface area contributed by atoms with Crippen molar-refractivity contribution in [2.24, 2.45) is 0 Å². The molecule has 1 aromatic heterocycles. The van der Waals surface area contributed by atoms with Crippen LogP contribution < -0.4 is 16.2 Å². The van der Waals surface area contributed by atoms with Gasteiger partial charge in [-0.15, -0.1) is 0 Å². The molecule has 4 N–H and O–H groups in total. The van der Waals surface area contributed by atoms with Crippen molar-refractivity contribution >= 4 is 28.9 Å². The quantitative estimate of drug-likeness (QED) is 0.345. The van der Waals surface area contributed by atoms with E-state index in [0.717, 1.165) is 26.2 Å². The molecule has 0 radical (unpaired) electrons. The van der Waals surface area contributed by atoms with Gasteiger partial charge in [0.2, 0.25) is 5.91 Å². The van der Waals surface area contributed by atoms with Crippen LogP contribution in [0.3, 0.4) is 0 Å². The van der Waals surface area contributed by atoms with Gasteiger partial charge in [-0.25, -0.2) is 4.98 Å². The Morgan fingerprint density at radius 3 is 2.76 bits per heavy atom. The summed E-state index contributed by atoms with van der Waals surface area (Å²) in [6, 6.07) is -0.238. The maximum atomic E-state index is 12.8. The van der Waals surface area contributed by atoms with E-state index in [4.69, 9.17) is 10.8 Å². The first-order valence-corrected chi connectivity index (χ1v) is 11.5. The van der Waals surface area contributed by atoms with Gasteiger partial charge in [-0.3, -0.25) is 28.8 Å². The molecule has 2 saturated heterocycles. The lowest BCUT2D eigenvalue weighted by Crippen LogP contribution is -2.52. The summed E-state index contributed by atoms with van der Waals surface area (Å²) in [5.74, 6) is -0.430. The van der Waals surface area contributed by atoms with Gasteiger partial charge < -0.3 is 21.5 Å². The standard InChI is InChI=1S/C22H34N8O3/c1-3-19(30-8-6-25-20(22(30)33)26-12-18(24)15(2)23)21(32)27-11-17(31)14-28-9-10-29-7-4-5-16(29)13-28/h6,8,16,19,23-24H,3-5,7,9-14H2,1-2H3,(H,25,26)(H,27,32). The third-order valence-corrected chi connectivity index (χ3v) is 6.31. The van der Waals surface area contributed by atoms with Gasteiger partial charge >= 0.3 is 0 Å². The van der Waals surface area contributed by atoms with E-state index < -0.39 is 17.5 Å². The summed E-state index contributed by atoms with van der Waals surface area (Å²) in [5, 5.41) is 20.6. The predicted octanol–water partition coefficient (Wildman–Crippen LogP) is 0.131. The number of nitrogens with zero attached hydrogens (tertiary/aromatic N) is 4. The Labute approximate surface area is 193 Å². The third kappa shape index (κ3) is 6.32. The smallest absolute Gasteiger partial charge is 0.294 e. The monoisotopic (exact) mass is 458 g/mol. The molecule has 1 aromatic rings. The molecule has 2 aliphatic heterocycles. The molecule has 2 fully saturated rings. The summed E-state index contributed by atoms with van der Waals surface area (Å²) >= 11 is 0. The Hall–Kier alpha value is -2.92. The van der Waals surface area contributed by atoms with Gasteiger partial charge in [-0.1, -0.05) is 6.92 Å². The molecule has 0 saturated carbocycles. The highest BCUT2D eigenvalue weighted by Crippen LogP contribution is 2.21. The van der Waals surface area contributed by atoms with Crippen LogP contribution in [-0.2, 0) is 9.59 Å². The molecule has 1 amide bonds. The predicted molar refractivity (Wildman–Crippen MR) is 126 cm³/mol. The SMILES string of the molecule is CCC(C(=O)NCC(=O)CN1CCN2CCCC2C1)n1ccnc(NCC(=N)C(C)=N)c1=O. The average molecular weight is 459 g/mol. The van der Waals surface area contributed by atoms with E-state index in [9.17, 15) is 14.4 Å². The molecule has 0 spiro atoms. The lowest BCUT2D eigenvalue weighted by molar-refractivity contribution is -0.128. The van der Waals surface area contributed by atoms with Gasteiger partial charge in [0, 0.05) is 38.1 Å². The van der Waals surface area contributed by atoms with E-state index in [0.29, 0.717) is 19.0 Å². The summed E-state index contributed by atoms with van der Waals surface area (Å²) in [6.45, 7) is 7.44. The Bertz CT molecular complexity index is 959. The molecule has 2 unspecified atom stereocenters. The number of carbonyl (C=O) groups excluding carboxylic acids is 2. The van der Waals surface area contributed by atoms with E-state index in [1.165, 1.54) is 36.7 Å². The highest BCUT2D eigenvalue weighted by atomic mass is 16.2. The van der Waals surface area contributed by atoms with Crippen LogP contribution in [0.2, 0.25) is 0 Å². The number of fused-ring (bicyclic) bond motifs is 1. The van der Waals surface area contributed by atoms with Crippen LogP contribution in [0.5, 0.6) is 0 Å². The number of ketones is 1. The Morgan fingerprint density at radius 1 is 1.24 bits per heavy atom. The van der Waals surface area contributed by atoms with E-state index in [-0.39, 0.29) is 36.1 Å². The van der Waals surface area contributed by atoms with E-state index in [2.05, 4.69) is 25.4 Å². The zero-order valence-electron chi connectivity index (χ0n) is 19.4. The number of aromatic nitrogens is 2. The highest BCUT2D eigenvalue weighted by molar-refractivity contribution is 6.40. The van der Waals surface area contributed by atoms with Crippen molar-refractivity contribution in [3.63, 3.8) is 0 Å². The van der Waals surface area contributed by atoms with Crippen molar-refractivity contribution in [3.8, 4) is 0 Å². The normalized spacial score (nSPS) is 19.5. The second kappa shape index (κ2) is 11.3. The van der Waals surface area contributed by atoms with E-state index >= 15 is 0 Å². The fourth-order valence-electron chi connectivity index (χ4n) is 4.41. The topological polar surface area (TPSA) is 147 Å². The van der Waals surface area contributed by atoms with Gasteiger partial charge in [0.25, 0.3) is 5.56 Å². The lowest BCUT2D eigenvalue weighted by atomic mass is 10.1. The Morgan fingerprint density at radius 2 is 2.03 bits per heavy atom. The summed E-state index contributed by atoms with van der Waals surface area (Å²) in [7, 11) is 0. The van der Waals surface area contributed by atoms with Crippen LogP contribution in [0.25, 0.3) is 0 Å². The van der Waals surface area contributed by atoms with Crippen molar-refractivity contribution in [1.82, 2.24) is 24.7 Å². The second-order valence-electron chi connectivity index (χ2n) is 8.69. The van der Waals surface area contributed by atoms with Crippen molar-refractivity contribution in [2.45, 2.75) is 45.2 Å². The fourth-order valence-corrected chi connectivity index (χ4v) is 4.41. The summed E-state index contributed by atoms with van der Waals surface area (Å²) in [6.07, 6.45) is 5.62. The Balaban J connectivity index is 1.54. The summed E-state index contributed by atoms with van der Waals surface area (Å²) < 4.78 is 1.29. The van der Waals surface area contributed by atoms with Crippen molar-refractivity contribution in [2.75, 3.05) is 51.1 Å². The van der Waals surface area contributed by atoms with Gasteiger partial charge in [0.15, 0.2) is 11.6 Å². The molecule has 3 heterocycles. The largest absolute Gasteiger partial charge is 0.360 e. The summed E-state index contributed by atoms with van der Waals surface area (Å²) in [4.78, 5) is 46.7. The van der Waals surface area contributed by atoms with Gasteiger partial charge in [-0.2, -0.15) is 0 Å². The van der Waals surface area contributed by atoms with E-state index in [1.807, 2.05) is 0 Å². The Kier molecular flexibility index (Phi) is 8.45. The average Bonchev–Trinajstić information content (AvgIpc) is 3.26. The van der Waals surface area contributed by atoms with Gasteiger partial charge in [-0.05, 0) is 32.7 Å². The van der Waals surface area contributed by atoms with Gasteiger partial charge in [0.1, 0.15) is 6.04 Å². The number of nitrogens with one attached hydrogen (secondary N) is 4. The van der Waals surface area contributed by atoms with Gasteiger partial charge in [0.05, 0.1) is 31.1 Å². The minimum Gasteiger partial charge on any atom is -0.360 e. The number of piperazine rings is 1. The molecule has 2 atom stereocenters. The molecule has 2 aliphatic rings. The molecule has 11 heteroatoms. The fraction of sp³-hybridized carbons (Fsp3) is 0.636. The first-order valence-electron chi connectivity index (χ1n) is 11.5. The first-order chi connectivity index (χ1) is 15.8. The van der Waals surface area contributed by atoms with Crippen LogP contribution in [0.15, 0.2) is 17.2 Å². The van der Waals surface area contributed by atoms with Crippen molar-refractivity contribution < 1.29 is 9.59 Å². The maximum absolute atomic E-state index is 12.8. The molecule has 0 aromatic carbocycles. The molecule has 180 valence electrons. The number of rotatable bonds is 11. The van der Waals surface area contributed by atoms with Crippen LogP contribution in [0, 0.1) is 10.8 Å². The molecule has 33 heavy (non-hydrogen) atoms. The zero-order chi connectivity index (χ0) is 24.0. The highest BCUT2D eigenvalue weighted by Gasteiger charge is 2.31. The zero-order valence-corrected chi connectivity index (χ0v) is 19.4. The molecule has 0 aliphatic carbocycles. The minimum atomic E-state index is -0.778. The van der Waals surface area contributed by atoms with E-state index in [1.54, 1.807) is 6.92 Å². The number of amides is 1. The number of Topliss-reactive ketones (excluding diaryl/α,β-unsaturated/α-hetero) is 1. The lowest BCUT2D eigenvalue weighted by Gasteiger charge is -2.37. The third-order valence-electron chi connectivity index (χ3n) is 6.31. The maximum Gasteiger partial charge on any atom is 0.294 e. The van der Waals surface area contributed by atoms with Crippen LogP contribution in [0.4, 0.5) is 5.82 Å². The molecular formula is C22H34N8O3. The number of anilines is 1. The van der Waals surface area contributed by atoms with Crippen LogP contribution in [0.1, 0.15) is 39.2 Å². The molecule has 11 nitrogen and oxygen atoms in total. The molecule has 3 rings (SSSR count). The molecule has 0 bridgehead atoms. The minimum absolute atomic E-state index is 0.00576.